The summed E-state index contributed by atoms with van der Waals surface area (Å²) in [6.45, 7) is 5.90. The van der Waals surface area contributed by atoms with Crippen LogP contribution in [0.2, 0.25) is 0 Å². The van der Waals surface area contributed by atoms with E-state index in [4.69, 9.17) is 5.26 Å². The first-order valence-electron chi connectivity index (χ1n) is 4.80. The molecule has 15 heavy (non-hydrogen) atoms. The summed E-state index contributed by atoms with van der Waals surface area (Å²) < 4.78 is 0. The minimum absolute atomic E-state index is 0.700. The monoisotopic (exact) mass is 193 g/mol. The SMILES string of the molecule is C=C(C)c1ccc2cc(C#N)ccc2c1. The minimum atomic E-state index is 0.700. The zero-order valence-corrected chi connectivity index (χ0v) is 8.62. The van der Waals surface area contributed by atoms with Crippen LogP contribution >= 0.6 is 0 Å². The van der Waals surface area contributed by atoms with Gasteiger partial charge in [0.2, 0.25) is 0 Å². The molecular weight excluding hydrogens is 182 g/mol. The maximum atomic E-state index is 8.78. The van der Waals surface area contributed by atoms with Crippen molar-refractivity contribution in [3.63, 3.8) is 0 Å². The van der Waals surface area contributed by atoms with Crippen molar-refractivity contribution in [1.82, 2.24) is 0 Å². The molecule has 0 aliphatic carbocycles. The summed E-state index contributed by atoms with van der Waals surface area (Å²) >= 11 is 0. The minimum Gasteiger partial charge on any atom is -0.192 e. The summed E-state index contributed by atoms with van der Waals surface area (Å²) in [6, 6.07) is 14.0. The van der Waals surface area contributed by atoms with Crippen molar-refractivity contribution in [3.05, 3.63) is 54.1 Å². The highest BCUT2D eigenvalue weighted by Gasteiger charge is 1.98. The van der Waals surface area contributed by atoms with Crippen LogP contribution in [0.4, 0.5) is 0 Å². The van der Waals surface area contributed by atoms with Gasteiger partial charge < -0.3 is 0 Å². The Kier molecular flexibility index (Phi) is 2.27. The van der Waals surface area contributed by atoms with Crippen LogP contribution in [0.25, 0.3) is 16.3 Å². The maximum absolute atomic E-state index is 8.78. The summed E-state index contributed by atoms with van der Waals surface area (Å²) in [7, 11) is 0. The fraction of sp³-hybridized carbons (Fsp3) is 0.0714. The summed E-state index contributed by atoms with van der Waals surface area (Å²) in [5.41, 5.74) is 2.90. The smallest absolute Gasteiger partial charge is 0.0991 e. The Balaban J connectivity index is 2.66. The number of hydrogen-bond acceptors (Lipinski definition) is 1. The van der Waals surface area contributed by atoms with Crippen molar-refractivity contribution in [3.8, 4) is 6.07 Å². The van der Waals surface area contributed by atoms with Crippen LogP contribution in [0, 0.1) is 11.3 Å². The van der Waals surface area contributed by atoms with Gasteiger partial charge in [-0.3, -0.25) is 0 Å². The third-order valence-corrected chi connectivity index (χ3v) is 2.46. The van der Waals surface area contributed by atoms with Crippen LogP contribution in [0.5, 0.6) is 0 Å². The molecule has 0 radical (unpaired) electrons. The Morgan fingerprint density at radius 1 is 1.13 bits per heavy atom. The Morgan fingerprint density at radius 2 is 1.80 bits per heavy atom. The summed E-state index contributed by atoms with van der Waals surface area (Å²) in [6.07, 6.45) is 0. The van der Waals surface area contributed by atoms with Gasteiger partial charge in [-0.1, -0.05) is 30.4 Å². The van der Waals surface area contributed by atoms with Gasteiger partial charge in [0.25, 0.3) is 0 Å². The fourth-order valence-electron chi connectivity index (χ4n) is 1.58. The van der Waals surface area contributed by atoms with Crippen LogP contribution in [-0.2, 0) is 0 Å². The van der Waals surface area contributed by atoms with Gasteiger partial charge in [0.1, 0.15) is 0 Å². The van der Waals surface area contributed by atoms with E-state index in [2.05, 4.69) is 18.7 Å². The highest BCUT2D eigenvalue weighted by atomic mass is 14.2. The van der Waals surface area contributed by atoms with Gasteiger partial charge in [-0.05, 0) is 41.5 Å². The Hall–Kier alpha value is -2.07. The molecule has 0 aliphatic heterocycles. The molecule has 2 aromatic rings. The number of nitriles is 1. The zero-order chi connectivity index (χ0) is 10.8. The second-order valence-electron chi connectivity index (χ2n) is 3.67. The summed E-state index contributed by atoms with van der Waals surface area (Å²) in [5.74, 6) is 0. The van der Waals surface area contributed by atoms with E-state index in [1.54, 1.807) is 0 Å². The lowest BCUT2D eigenvalue weighted by Gasteiger charge is -2.02. The zero-order valence-electron chi connectivity index (χ0n) is 8.62. The summed E-state index contributed by atoms with van der Waals surface area (Å²) in [4.78, 5) is 0. The third-order valence-electron chi connectivity index (χ3n) is 2.46. The lowest BCUT2D eigenvalue weighted by molar-refractivity contribution is 1.49. The van der Waals surface area contributed by atoms with Crippen molar-refractivity contribution in [1.29, 1.82) is 5.26 Å². The molecule has 0 N–H and O–H groups in total. The average Bonchev–Trinajstić information content (AvgIpc) is 2.27. The van der Waals surface area contributed by atoms with Crippen LogP contribution < -0.4 is 0 Å². The Bertz CT molecular complexity index is 573. The van der Waals surface area contributed by atoms with E-state index in [9.17, 15) is 0 Å². The molecule has 1 heteroatoms. The predicted octanol–water partition coefficient (Wildman–Crippen LogP) is 3.74. The van der Waals surface area contributed by atoms with Crippen molar-refractivity contribution >= 4 is 16.3 Å². The van der Waals surface area contributed by atoms with E-state index in [0.29, 0.717) is 5.56 Å². The lowest BCUT2D eigenvalue weighted by atomic mass is 10.0. The first kappa shape index (κ1) is 9.48. The largest absolute Gasteiger partial charge is 0.192 e. The standard InChI is InChI=1S/C14H11N/c1-10(2)12-5-6-13-7-11(9-15)3-4-14(13)8-12/h3-8H,1H2,2H3. The second-order valence-corrected chi connectivity index (χ2v) is 3.67. The van der Waals surface area contributed by atoms with Crippen molar-refractivity contribution in [2.45, 2.75) is 6.92 Å². The van der Waals surface area contributed by atoms with Crippen molar-refractivity contribution in [2.75, 3.05) is 0 Å². The predicted molar refractivity (Wildman–Crippen MR) is 63.4 cm³/mol. The number of benzene rings is 2. The lowest BCUT2D eigenvalue weighted by Crippen LogP contribution is -1.80. The van der Waals surface area contributed by atoms with E-state index >= 15 is 0 Å². The van der Waals surface area contributed by atoms with E-state index in [-0.39, 0.29) is 0 Å². The molecule has 1 nitrogen and oxygen atoms in total. The van der Waals surface area contributed by atoms with Crippen molar-refractivity contribution < 1.29 is 0 Å². The molecule has 0 heterocycles. The van der Waals surface area contributed by atoms with E-state index < -0.39 is 0 Å². The first-order chi connectivity index (χ1) is 7.20. The van der Waals surface area contributed by atoms with E-state index in [0.717, 1.165) is 21.9 Å². The average molecular weight is 193 g/mol. The van der Waals surface area contributed by atoms with Gasteiger partial charge in [-0.2, -0.15) is 5.26 Å². The number of hydrogen-bond donors (Lipinski definition) is 0. The van der Waals surface area contributed by atoms with Crippen LogP contribution in [-0.4, -0.2) is 0 Å². The van der Waals surface area contributed by atoms with Gasteiger partial charge in [0.05, 0.1) is 11.6 Å². The quantitative estimate of drug-likeness (QED) is 0.676. The molecule has 0 saturated heterocycles. The third kappa shape index (κ3) is 1.75. The molecule has 0 bridgehead atoms. The van der Waals surface area contributed by atoms with E-state index in [1.165, 1.54) is 0 Å². The molecule has 72 valence electrons. The second kappa shape index (κ2) is 3.59. The van der Waals surface area contributed by atoms with Gasteiger partial charge in [0.15, 0.2) is 0 Å². The first-order valence-corrected chi connectivity index (χ1v) is 4.80. The van der Waals surface area contributed by atoms with Gasteiger partial charge >= 0.3 is 0 Å². The highest BCUT2D eigenvalue weighted by Crippen LogP contribution is 2.21. The number of allylic oxidation sites excluding steroid dienone is 1. The number of nitrogens with zero attached hydrogens (tertiary/aromatic N) is 1. The molecule has 2 aromatic carbocycles. The molecule has 0 atom stereocenters. The fourth-order valence-corrected chi connectivity index (χ4v) is 1.58. The van der Waals surface area contributed by atoms with Crippen molar-refractivity contribution in [2.24, 2.45) is 0 Å². The van der Waals surface area contributed by atoms with Gasteiger partial charge in [0, 0.05) is 0 Å². The molecule has 0 aliphatic rings. The molecular formula is C14H11N. The molecule has 0 aromatic heterocycles. The van der Waals surface area contributed by atoms with Crippen LogP contribution in [0.1, 0.15) is 18.1 Å². The van der Waals surface area contributed by atoms with Gasteiger partial charge in [-0.15, -0.1) is 0 Å². The molecule has 0 saturated carbocycles. The molecule has 0 unspecified atom stereocenters. The molecule has 0 spiro atoms. The normalized spacial score (nSPS) is 9.87. The summed E-state index contributed by atoms with van der Waals surface area (Å²) in [5, 5.41) is 11.0. The van der Waals surface area contributed by atoms with Crippen LogP contribution in [0.15, 0.2) is 43.0 Å². The van der Waals surface area contributed by atoms with E-state index in [1.807, 2.05) is 37.3 Å². The van der Waals surface area contributed by atoms with Crippen LogP contribution in [0.3, 0.4) is 0 Å². The molecule has 0 fully saturated rings. The maximum Gasteiger partial charge on any atom is 0.0991 e. The topological polar surface area (TPSA) is 23.8 Å². The highest BCUT2D eigenvalue weighted by molar-refractivity contribution is 5.86. The number of rotatable bonds is 1. The number of fused-ring (bicyclic) bond motifs is 1. The Morgan fingerprint density at radius 3 is 2.47 bits per heavy atom. The molecule has 2 rings (SSSR count). The Labute approximate surface area is 89.3 Å². The molecule has 0 amide bonds. The van der Waals surface area contributed by atoms with Gasteiger partial charge in [-0.25, -0.2) is 0 Å².